The zero-order valence-corrected chi connectivity index (χ0v) is 22.1. The number of aliphatic imine (C=N–C) groups is 3. The zero-order valence-electron chi connectivity index (χ0n) is 22.1. The van der Waals surface area contributed by atoms with Crippen LogP contribution in [0.4, 0.5) is 5.69 Å². The van der Waals surface area contributed by atoms with Crippen molar-refractivity contribution in [2.24, 2.45) is 26.4 Å². The molecule has 0 unspecified atom stereocenters. The third kappa shape index (κ3) is 10.4. The predicted molar refractivity (Wildman–Crippen MR) is 150 cm³/mol. The van der Waals surface area contributed by atoms with E-state index in [4.69, 9.17) is 21.7 Å². The van der Waals surface area contributed by atoms with E-state index in [1.807, 2.05) is 0 Å². The van der Waals surface area contributed by atoms with E-state index in [0.29, 0.717) is 11.4 Å². The Morgan fingerprint density at radius 2 is 1.50 bits per heavy atom. The van der Waals surface area contributed by atoms with Crippen molar-refractivity contribution in [2.45, 2.75) is 37.8 Å². The fourth-order valence-electron chi connectivity index (χ4n) is 3.40. The van der Waals surface area contributed by atoms with E-state index in [1.54, 1.807) is 0 Å². The van der Waals surface area contributed by atoms with Gasteiger partial charge in [0.25, 0.3) is 5.91 Å². The molecule has 0 saturated heterocycles. The molecular formula is C25H30N8O9. The van der Waals surface area contributed by atoms with Gasteiger partial charge < -0.3 is 47.8 Å². The maximum atomic E-state index is 12.8. The smallest absolute Gasteiger partial charge is 0.326 e. The number of nitrogens with zero attached hydrogens (tertiary/aromatic N) is 3. The maximum absolute atomic E-state index is 12.8. The number of amides is 2. The third-order valence-corrected chi connectivity index (χ3v) is 5.45. The summed E-state index contributed by atoms with van der Waals surface area (Å²) in [6.45, 7) is 3.56. The summed E-state index contributed by atoms with van der Waals surface area (Å²) in [6, 6.07) is 2.95. The van der Waals surface area contributed by atoms with Crippen LogP contribution in [0.5, 0.6) is 0 Å². The number of carbonyl (C=O) groups is 5. The number of carboxylic acids is 3. The lowest BCUT2D eigenvalue weighted by molar-refractivity contribution is -0.143. The molecule has 0 aliphatic carbocycles. The predicted octanol–water partition coefficient (Wildman–Crippen LogP) is -0.464. The number of carbonyl (C=O) groups excluding carboxylic acids is 2. The highest BCUT2D eigenvalue weighted by molar-refractivity contribution is 6.37. The van der Waals surface area contributed by atoms with E-state index in [1.165, 1.54) is 30.5 Å². The summed E-state index contributed by atoms with van der Waals surface area (Å²) in [6.07, 6.45) is -0.415. The first-order chi connectivity index (χ1) is 19.8. The summed E-state index contributed by atoms with van der Waals surface area (Å²) in [5, 5.41) is 44.3. The Morgan fingerprint density at radius 3 is 2.02 bits per heavy atom. The number of aliphatic hydroxyl groups is 1. The fourth-order valence-corrected chi connectivity index (χ4v) is 3.40. The normalized spacial score (nSPS) is 16.0. The summed E-state index contributed by atoms with van der Waals surface area (Å²) in [5.74, 6) is -6.41. The van der Waals surface area contributed by atoms with Gasteiger partial charge in [-0.25, -0.2) is 19.8 Å². The van der Waals surface area contributed by atoms with E-state index in [0.717, 1.165) is 0 Å². The van der Waals surface area contributed by atoms with Crippen LogP contribution in [0.1, 0.15) is 36.0 Å². The SMILES string of the molecule is C=C(N)/N=C1/N=CC(CNc2ccc(C(=O)N[C@@H](CCC(=O)O)C(=O)N[C@H](CCC(=O)O)C(=O)O)cc2)=N/C1=C(/N)O. The number of benzene rings is 1. The Bertz CT molecular complexity index is 1360. The van der Waals surface area contributed by atoms with Gasteiger partial charge in [0.15, 0.2) is 11.5 Å². The molecule has 0 saturated carbocycles. The molecule has 0 fully saturated rings. The molecule has 0 bridgehead atoms. The lowest BCUT2D eigenvalue weighted by atomic mass is 10.1. The third-order valence-electron chi connectivity index (χ3n) is 5.45. The van der Waals surface area contributed by atoms with Crippen molar-refractivity contribution in [1.29, 1.82) is 0 Å². The Kier molecular flexibility index (Phi) is 11.7. The van der Waals surface area contributed by atoms with Crippen molar-refractivity contribution < 1.29 is 44.4 Å². The van der Waals surface area contributed by atoms with Crippen molar-refractivity contribution in [3.8, 4) is 0 Å². The summed E-state index contributed by atoms with van der Waals surface area (Å²) in [7, 11) is 0. The molecule has 1 aromatic rings. The lowest BCUT2D eigenvalue weighted by Crippen LogP contribution is -2.51. The van der Waals surface area contributed by atoms with Crippen LogP contribution in [0.2, 0.25) is 0 Å². The molecule has 224 valence electrons. The summed E-state index contributed by atoms with van der Waals surface area (Å²) >= 11 is 0. The maximum Gasteiger partial charge on any atom is 0.326 e. The van der Waals surface area contributed by atoms with Crippen LogP contribution in [0.3, 0.4) is 0 Å². The number of nitrogens with one attached hydrogen (secondary N) is 3. The highest BCUT2D eigenvalue weighted by atomic mass is 16.4. The van der Waals surface area contributed by atoms with Gasteiger partial charge in [-0.3, -0.25) is 19.2 Å². The Balaban J connectivity index is 2.07. The van der Waals surface area contributed by atoms with Crippen molar-refractivity contribution >= 4 is 53.2 Å². The first-order valence-corrected chi connectivity index (χ1v) is 12.2. The van der Waals surface area contributed by atoms with Crippen LogP contribution in [0.25, 0.3) is 0 Å². The number of rotatable bonds is 15. The van der Waals surface area contributed by atoms with Gasteiger partial charge in [0.2, 0.25) is 11.8 Å². The summed E-state index contributed by atoms with van der Waals surface area (Å²) in [4.78, 5) is 70.8. The van der Waals surface area contributed by atoms with Gasteiger partial charge in [-0.1, -0.05) is 6.58 Å². The Hall–Kier alpha value is -5.74. The fraction of sp³-hybridized carbons (Fsp3) is 0.280. The summed E-state index contributed by atoms with van der Waals surface area (Å²) in [5.41, 5.74) is 11.8. The number of amidine groups is 1. The minimum Gasteiger partial charge on any atom is -0.493 e. The number of carboxylic acid groups (broad SMARTS) is 3. The Morgan fingerprint density at radius 1 is 0.905 bits per heavy atom. The van der Waals surface area contributed by atoms with Crippen LogP contribution in [-0.2, 0) is 19.2 Å². The van der Waals surface area contributed by atoms with Crippen molar-refractivity contribution in [3.05, 3.63) is 53.8 Å². The summed E-state index contributed by atoms with van der Waals surface area (Å²) < 4.78 is 0. The van der Waals surface area contributed by atoms with Crippen molar-refractivity contribution in [2.75, 3.05) is 11.9 Å². The van der Waals surface area contributed by atoms with Crippen LogP contribution in [-0.4, -0.2) is 86.5 Å². The van der Waals surface area contributed by atoms with E-state index in [2.05, 4.69) is 37.5 Å². The van der Waals surface area contributed by atoms with Gasteiger partial charge in [0.05, 0.1) is 18.5 Å². The van der Waals surface area contributed by atoms with Crippen LogP contribution in [0, 0.1) is 0 Å². The van der Waals surface area contributed by atoms with Gasteiger partial charge in [0, 0.05) is 24.1 Å². The van der Waals surface area contributed by atoms with Gasteiger partial charge in [-0.15, -0.1) is 0 Å². The van der Waals surface area contributed by atoms with E-state index >= 15 is 0 Å². The molecule has 1 heterocycles. The second-order valence-electron chi connectivity index (χ2n) is 8.74. The van der Waals surface area contributed by atoms with E-state index in [-0.39, 0.29) is 35.9 Å². The monoisotopic (exact) mass is 586 g/mol. The number of hydrogen-bond donors (Lipinski definition) is 9. The number of aliphatic hydroxyl groups excluding tert-OH is 1. The minimum absolute atomic E-state index is 0.0179. The van der Waals surface area contributed by atoms with Gasteiger partial charge in [-0.05, 0) is 37.1 Å². The van der Waals surface area contributed by atoms with E-state index in [9.17, 15) is 34.2 Å². The topological polar surface area (TPSA) is 291 Å². The number of anilines is 1. The zero-order chi connectivity index (χ0) is 31.4. The van der Waals surface area contributed by atoms with Gasteiger partial charge in [-0.2, -0.15) is 0 Å². The second kappa shape index (κ2) is 15.2. The molecule has 1 aromatic carbocycles. The molecular weight excluding hydrogens is 556 g/mol. The average Bonchev–Trinajstić information content (AvgIpc) is 2.91. The average molecular weight is 587 g/mol. The van der Waals surface area contributed by atoms with Crippen LogP contribution < -0.4 is 27.4 Å². The minimum atomic E-state index is -1.55. The number of aliphatic carboxylic acids is 3. The lowest BCUT2D eigenvalue weighted by Gasteiger charge is -2.21. The first-order valence-electron chi connectivity index (χ1n) is 12.2. The Labute approximate surface area is 238 Å². The molecule has 0 spiro atoms. The van der Waals surface area contributed by atoms with Gasteiger partial charge in [0.1, 0.15) is 17.9 Å². The van der Waals surface area contributed by atoms with Crippen LogP contribution >= 0.6 is 0 Å². The quantitative estimate of drug-likeness (QED) is 0.118. The molecule has 1 aliphatic heterocycles. The molecule has 17 heteroatoms. The molecule has 0 aromatic heterocycles. The number of hydrogen-bond acceptors (Lipinski definition) is 11. The van der Waals surface area contributed by atoms with Crippen LogP contribution in [0.15, 0.2) is 63.2 Å². The molecule has 2 amide bonds. The van der Waals surface area contributed by atoms with E-state index < -0.39 is 67.0 Å². The molecule has 2 rings (SSSR count). The largest absolute Gasteiger partial charge is 0.493 e. The molecule has 1 aliphatic rings. The molecule has 0 radical (unpaired) electrons. The van der Waals surface area contributed by atoms with Gasteiger partial charge >= 0.3 is 17.9 Å². The standard InChI is InChI=1S/C25H30N8O9/c1-12(26)30-22-20(21(27)38)31-15(11-29-22)10-28-14-4-2-13(3-5-14)23(39)32-16(6-8-18(34)35)24(40)33-17(25(41)42)7-9-19(36)37/h2-5,11,16-17,28,38H,1,6-10,26-27H2,(H,32,39)(H,33,40)(H,34,35)(H,36,37)(H,41,42)/b21-20-,30-22+/t16-,17+/m0/s1. The molecule has 2 atom stereocenters. The number of nitrogens with two attached hydrogens (primary N) is 2. The highest BCUT2D eigenvalue weighted by Gasteiger charge is 2.28. The first kappa shape index (κ1) is 32.5. The van der Waals surface area contributed by atoms with Crippen molar-refractivity contribution in [3.63, 3.8) is 0 Å². The molecule has 17 nitrogen and oxygen atoms in total. The van der Waals surface area contributed by atoms with Crippen molar-refractivity contribution in [1.82, 2.24) is 10.6 Å². The molecule has 42 heavy (non-hydrogen) atoms. The molecule has 11 N–H and O–H groups in total. The second-order valence-corrected chi connectivity index (χ2v) is 8.74. The highest BCUT2D eigenvalue weighted by Crippen LogP contribution is 2.13.